The summed E-state index contributed by atoms with van der Waals surface area (Å²) < 4.78 is 0. The average molecular weight is 290 g/mol. The summed E-state index contributed by atoms with van der Waals surface area (Å²) in [6, 6.07) is 6.75. The van der Waals surface area contributed by atoms with Crippen molar-refractivity contribution in [1.29, 1.82) is 0 Å². The molecule has 1 heterocycles. The molecule has 5 heteroatoms. The largest absolute Gasteiger partial charge is 0.396 e. The summed E-state index contributed by atoms with van der Waals surface area (Å²) in [5, 5.41) is 20.4. The summed E-state index contributed by atoms with van der Waals surface area (Å²) in [7, 11) is 0. The number of rotatable bonds is 5. The molecule has 1 unspecified atom stereocenters. The van der Waals surface area contributed by atoms with Gasteiger partial charge in [-0.2, -0.15) is 0 Å². The zero-order chi connectivity index (χ0) is 15.3. The van der Waals surface area contributed by atoms with E-state index in [-0.39, 0.29) is 22.6 Å². The standard InChI is InChI=1S/C16H22N2O3/c1-16(13-19)9-5-11-17(12-16)10-4-7-14-6-2-3-8-15(14)18(20)21/h2-4,6-8,19H,5,9-13H2,1H3/b7-4+. The van der Waals surface area contributed by atoms with Crippen molar-refractivity contribution in [3.05, 3.63) is 46.0 Å². The van der Waals surface area contributed by atoms with Gasteiger partial charge in [-0.25, -0.2) is 0 Å². The van der Waals surface area contributed by atoms with Gasteiger partial charge in [0.05, 0.1) is 10.5 Å². The predicted octanol–water partition coefficient (Wildman–Crippen LogP) is 2.70. The van der Waals surface area contributed by atoms with Crippen LogP contribution in [0.25, 0.3) is 6.08 Å². The van der Waals surface area contributed by atoms with Crippen LogP contribution in [0.15, 0.2) is 30.3 Å². The molecule has 21 heavy (non-hydrogen) atoms. The number of aliphatic hydroxyl groups is 1. The summed E-state index contributed by atoms with van der Waals surface area (Å²) in [5.74, 6) is 0. The minimum absolute atomic E-state index is 0.0230. The highest BCUT2D eigenvalue weighted by molar-refractivity contribution is 5.60. The Labute approximate surface area is 125 Å². The smallest absolute Gasteiger partial charge is 0.276 e. The van der Waals surface area contributed by atoms with Gasteiger partial charge in [-0.05, 0) is 25.5 Å². The third-order valence-corrected chi connectivity index (χ3v) is 4.04. The first kappa shape index (κ1) is 15.7. The molecule has 114 valence electrons. The van der Waals surface area contributed by atoms with Gasteiger partial charge < -0.3 is 5.11 Å². The van der Waals surface area contributed by atoms with Crippen LogP contribution in [-0.2, 0) is 0 Å². The first-order valence-electron chi connectivity index (χ1n) is 7.27. The van der Waals surface area contributed by atoms with Crippen LogP contribution in [0.5, 0.6) is 0 Å². The van der Waals surface area contributed by atoms with E-state index >= 15 is 0 Å². The van der Waals surface area contributed by atoms with Crippen LogP contribution in [0.1, 0.15) is 25.3 Å². The van der Waals surface area contributed by atoms with E-state index < -0.39 is 0 Å². The number of nitro benzene ring substituents is 1. The quantitative estimate of drug-likeness (QED) is 0.669. The van der Waals surface area contributed by atoms with Crippen molar-refractivity contribution in [2.45, 2.75) is 19.8 Å². The molecule has 1 aromatic rings. The van der Waals surface area contributed by atoms with Gasteiger partial charge in [-0.15, -0.1) is 0 Å². The zero-order valence-electron chi connectivity index (χ0n) is 12.4. The van der Waals surface area contributed by atoms with Crippen molar-refractivity contribution < 1.29 is 10.0 Å². The Balaban J connectivity index is 1.98. The van der Waals surface area contributed by atoms with E-state index in [9.17, 15) is 15.2 Å². The Morgan fingerprint density at radius 2 is 2.24 bits per heavy atom. The van der Waals surface area contributed by atoms with Gasteiger partial charge in [-0.3, -0.25) is 15.0 Å². The van der Waals surface area contributed by atoms with Gasteiger partial charge in [0, 0.05) is 31.2 Å². The molecule has 1 atom stereocenters. The van der Waals surface area contributed by atoms with Crippen LogP contribution < -0.4 is 0 Å². The molecule has 0 radical (unpaired) electrons. The Morgan fingerprint density at radius 3 is 2.95 bits per heavy atom. The Morgan fingerprint density at radius 1 is 1.48 bits per heavy atom. The molecule has 1 saturated heterocycles. The predicted molar refractivity (Wildman–Crippen MR) is 83.0 cm³/mol. The molecule has 0 spiro atoms. The SMILES string of the molecule is CC1(CO)CCCN(C/C=C/c2ccccc2[N+](=O)[O-])C1. The van der Waals surface area contributed by atoms with Crippen LogP contribution in [-0.4, -0.2) is 41.2 Å². The summed E-state index contributed by atoms with van der Waals surface area (Å²) in [6.45, 7) is 4.94. The lowest BCUT2D eigenvalue weighted by Crippen LogP contribution is -2.43. The zero-order valence-corrected chi connectivity index (χ0v) is 12.4. The molecular formula is C16H22N2O3. The van der Waals surface area contributed by atoms with Crippen LogP contribution in [0.2, 0.25) is 0 Å². The number of hydrogen-bond acceptors (Lipinski definition) is 4. The van der Waals surface area contributed by atoms with E-state index in [1.54, 1.807) is 18.2 Å². The number of benzene rings is 1. The molecule has 0 saturated carbocycles. The Bertz CT molecular complexity index is 530. The average Bonchev–Trinajstić information content (AvgIpc) is 2.48. The van der Waals surface area contributed by atoms with E-state index in [0.29, 0.717) is 5.56 Å². The second-order valence-electron chi connectivity index (χ2n) is 6.03. The second kappa shape index (κ2) is 6.83. The van der Waals surface area contributed by atoms with Crippen LogP contribution in [0.4, 0.5) is 5.69 Å². The van der Waals surface area contributed by atoms with Crippen LogP contribution >= 0.6 is 0 Å². The number of hydrogen-bond donors (Lipinski definition) is 1. The fourth-order valence-electron chi connectivity index (χ4n) is 2.84. The van der Waals surface area contributed by atoms with Crippen molar-refractivity contribution in [1.82, 2.24) is 4.90 Å². The number of piperidine rings is 1. The molecule has 1 aromatic carbocycles. The maximum absolute atomic E-state index is 10.9. The molecule has 1 N–H and O–H groups in total. The minimum Gasteiger partial charge on any atom is -0.396 e. The molecule has 1 aliphatic rings. The highest BCUT2D eigenvalue weighted by atomic mass is 16.6. The summed E-state index contributed by atoms with van der Waals surface area (Å²) in [6.07, 6.45) is 5.90. The van der Waals surface area contributed by atoms with Crippen LogP contribution in [0, 0.1) is 15.5 Å². The van der Waals surface area contributed by atoms with Crippen molar-refractivity contribution in [2.75, 3.05) is 26.2 Å². The topological polar surface area (TPSA) is 66.6 Å². The molecule has 0 aliphatic carbocycles. The lowest BCUT2D eigenvalue weighted by molar-refractivity contribution is -0.385. The van der Waals surface area contributed by atoms with Gasteiger partial charge in [0.1, 0.15) is 0 Å². The Kier molecular flexibility index (Phi) is 5.09. The van der Waals surface area contributed by atoms with Gasteiger partial charge >= 0.3 is 0 Å². The monoisotopic (exact) mass is 290 g/mol. The summed E-state index contributed by atoms with van der Waals surface area (Å²) in [4.78, 5) is 12.9. The number of nitrogens with zero attached hydrogens (tertiary/aromatic N) is 2. The van der Waals surface area contributed by atoms with E-state index in [1.807, 2.05) is 12.2 Å². The van der Waals surface area contributed by atoms with Gasteiger partial charge in [0.25, 0.3) is 5.69 Å². The van der Waals surface area contributed by atoms with E-state index in [0.717, 1.165) is 32.5 Å². The molecule has 5 nitrogen and oxygen atoms in total. The summed E-state index contributed by atoms with van der Waals surface area (Å²) >= 11 is 0. The van der Waals surface area contributed by atoms with Gasteiger partial charge in [0.2, 0.25) is 0 Å². The fraction of sp³-hybridized carbons (Fsp3) is 0.500. The highest BCUT2D eigenvalue weighted by Crippen LogP contribution is 2.28. The van der Waals surface area contributed by atoms with Crippen molar-refractivity contribution >= 4 is 11.8 Å². The van der Waals surface area contributed by atoms with E-state index in [4.69, 9.17) is 0 Å². The summed E-state index contributed by atoms with van der Waals surface area (Å²) in [5.41, 5.74) is 0.738. The third-order valence-electron chi connectivity index (χ3n) is 4.04. The first-order valence-corrected chi connectivity index (χ1v) is 7.27. The van der Waals surface area contributed by atoms with Crippen LogP contribution in [0.3, 0.4) is 0 Å². The molecule has 0 aromatic heterocycles. The lowest BCUT2D eigenvalue weighted by atomic mass is 9.83. The van der Waals surface area contributed by atoms with Gasteiger partial charge in [0.15, 0.2) is 0 Å². The molecule has 1 fully saturated rings. The second-order valence-corrected chi connectivity index (χ2v) is 6.03. The van der Waals surface area contributed by atoms with Crippen molar-refractivity contribution in [3.63, 3.8) is 0 Å². The lowest BCUT2D eigenvalue weighted by Gasteiger charge is -2.38. The Hall–Kier alpha value is -1.72. The first-order chi connectivity index (χ1) is 10.0. The molecule has 1 aliphatic heterocycles. The van der Waals surface area contributed by atoms with E-state index in [1.165, 1.54) is 6.07 Å². The molecular weight excluding hydrogens is 268 g/mol. The normalized spacial score (nSPS) is 23.5. The number of para-hydroxylation sites is 1. The van der Waals surface area contributed by atoms with E-state index in [2.05, 4.69) is 11.8 Å². The third kappa shape index (κ3) is 4.12. The minimum atomic E-state index is -0.358. The number of likely N-dealkylation sites (tertiary alicyclic amines) is 1. The highest BCUT2D eigenvalue weighted by Gasteiger charge is 2.29. The maximum Gasteiger partial charge on any atom is 0.276 e. The molecule has 2 rings (SSSR count). The fourth-order valence-corrected chi connectivity index (χ4v) is 2.84. The number of aliphatic hydroxyl groups excluding tert-OH is 1. The van der Waals surface area contributed by atoms with Crippen molar-refractivity contribution in [3.8, 4) is 0 Å². The number of nitro groups is 1. The van der Waals surface area contributed by atoms with Gasteiger partial charge in [-0.1, -0.05) is 31.2 Å². The maximum atomic E-state index is 10.9. The molecule has 0 bridgehead atoms. The molecule has 0 amide bonds. The van der Waals surface area contributed by atoms with Crippen molar-refractivity contribution in [2.24, 2.45) is 5.41 Å².